The van der Waals surface area contributed by atoms with Crippen molar-refractivity contribution in [2.75, 3.05) is 7.11 Å². The summed E-state index contributed by atoms with van der Waals surface area (Å²) in [6.45, 7) is 0. The highest BCUT2D eigenvalue weighted by atomic mass is 32.1. The number of thiophene rings is 1. The molecule has 114 valence electrons. The molecule has 21 heavy (non-hydrogen) atoms. The van der Waals surface area contributed by atoms with E-state index in [4.69, 9.17) is 5.11 Å². The third-order valence-electron chi connectivity index (χ3n) is 2.06. The molecular weight excluding hydrogens is 301 g/mol. The summed E-state index contributed by atoms with van der Waals surface area (Å²) in [5, 5.41) is 20.6. The van der Waals surface area contributed by atoms with Gasteiger partial charge in [0.05, 0.1) is 12.0 Å². The Morgan fingerprint density at radius 1 is 1.38 bits per heavy atom. The number of halogens is 1. The predicted molar refractivity (Wildman–Crippen MR) is 77.1 cm³/mol. The highest BCUT2D eigenvalue weighted by Gasteiger charge is 2.11. The number of ether oxygens (including phenoxy) is 1. The summed E-state index contributed by atoms with van der Waals surface area (Å²) in [6, 6.07) is 6.45. The van der Waals surface area contributed by atoms with Gasteiger partial charge in [-0.1, -0.05) is 19.6 Å². The number of nitro benzene ring substituents is 1. The molecule has 8 heteroatoms. The summed E-state index contributed by atoms with van der Waals surface area (Å²) < 4.78 is 16.8. The summed E-state index contributed by atoms with van der Waals surface area (Å²) in [5.41, 5.74) is -0.484. The van der Waals surface area contributed by atoms with Gasteiger partial charge in [-0.05, 0) is 17.5 Å². The molecule has 1 aromatic carbocycles. The number of nitrogens with zero attached hydrogens (tertiary/aromatic N) is 1. The molecule has 2 rings (SSSR count). The molecule has 1 aromatic heterocycles. The summed E-state index contributed by atoms with van der Waals surface area (Å²) in [5.74, 6) is -1.31. The molecule has 0 aliphatic rings. The largest absolute Gasteiger partial charge is 0.506 e. The van der Waals surface area contributed by atoms with Crippen molar-refractivity contribution in [2.45, 2.75) is 7.43 Å². The highest BCUT2D eigenvalue weighted by Crippen LogP contribution is 2.23. The van der Waals surface area contributed by atoms with Crippen LogP contribution in [0.25, 0.3) is 0 Å². The van der Waals surface area contributed by atoms with Crippen LogP contribution in [0.15, 0.2) is 35.7 Å². The Kier molecular flexibility index (Phi) is 7.62. The van der Waals surface area contributed by atoms with Crippen LogP contribution in [0.4, 0.5) is 10.1 Å². The van der Waals surface area contributed by atoms with Crippen LogP contribution >= 0.6 is 11.3 Å². The van der Waals surface area contributed by atoms with Gasteiger partial charge in [0.25, 0.3) is 0 Å². The van der Waals surface area contributed by atoms with Crippen molar-refractivity contribution in [2.24, 2.45) is 0 Å². The second-order valence-electron chi connectivity index (χ2n) is 3.34. The topological polar surface area (TPSA) is 89.7 Å². The fourth-order valence-electron chi connectivity index (χ4n) is 1.15. The molecule has 0 bridgehead atoms. The van der Waals surface area contributed by atoms with Crippen molar-refractivity contribution in [3.8, 4) is 5.75 Å². The molecule has 0 saturated heterocycles. The van der Waals surface area contributed by atoms with E-state index in [-0.39, 0.29) is 18.1 Å². The van der Waals surface area contributed by atoms with Gasteiger partial charge in [0.2, 0.25) is 5.82 Å². The molecule has 0 fully saturated rings. The van der Waals surface area contributed by atoms with Gasteiger partial charge in [-0.2, -0.15) is 4.39 Å². The number of methoxy groups -OCH3 is 1. The number of aromatic hydroxyl groups is 1. The second kappa shape index (κ2) is 8.64. The number of para-hydroxylation sites is 1. The fraction of sp³-hybridized carbons (Fsp3) is 0.154. The Labute approximate surface area is 124 Å². The number of carbonyl (C=O) groups is 1. The van der Waals surface area contributed by atoms with Crippen LogP contribution in [0, 0.1) is 15.9 Å². The highest BCUT2D eigenvalue weighted by molar-refractivity contribution is 7.12. The maximum atomic E-state index is 12.4. The average molecular weight is 315 g/mol. The lowest BCUT2D eigenvalue weighted by Crippen LogP contribution is -1.97. The van der Waals surface area contributed by atoms with Crippen LogP contribution in [-0.2, 0) is 4.74 Å². The first kappa shape index (κ1) is 18.5. The summed E-state index contributed by atoms with van der Waals surface area (Å²) in [7, 11) is 1.28. The lowest BCUT2D eigenvalue weighted by Gasteiger charge is -1.93. The van der Waals surface area contributed by atoms with E-state index >= 15 is 0 Å². The number of carbonyl (C=O) groups excluding carboxylic acids is 1. The molecule has 0 atom stereocenters. The number of hydrogen-bond acceptors (Lipinski definition) is 6. The third kappa shape index (κ3) is 5.19. The van der Waals surface area contributed by atoms with Crippen LogP contribution in [0.1, 0.15) is 17.1 Å². The molecule has 1 heterocycles. The number of rotatable bonds is 2. The minimum atomic E-state index is -0.799. The van der Waals surface area contributed by atoms with Crippen molar-refractivity contribution >= 4 is 23.0 Å². The van der Waals surface area contributed by atoms with Gasteiger partial charge in [-0.15, -0.1) is 11.3 Å². The number of hydrogen-bond donors (Lipinski definition) is 1. The van der Waals surface area contributed by atoms with E-state index in [0.29, 0.717) is 0 Å². The quantitative estimate of drug-likeness (QED) is 0.519. The van der Waals surface area contributed by atoms with Crippen molar-refractivity contribution < 1.29 is 24.0 Å². The molecule has 0 radical (unpaired) electrons. The van der Waals surface area contributed by atoms with Gasteiger partial charge < -0.3 is 9.84 Å². The van der Waals surface area contributed by atoms with Gasteiger partial charge in [0, 0.05) is 6.07 Å². The Bertz CT molecular complexity index is 614. The molecule has 6 nitrogen and oxygen atoms in total. The monoisotopic (exact) mass is 315 g/mol. The van der Waals surface area contributed by atoms with Crippen molar-refractivity contribution in [1.82, 2.24) is 0 Å². The van der Waals surface area contributed by atoms with Crippen LogP contribution in [-0.4, -0.2) is 23.1 Å². The predicted octanol–water partition coefficient (Wildman–Crippen LogP) is 3.61. The Morgan fingerprint density at radius 3 is 2.38 bits per heavy atom. The lowest BCUT2D eigenvalue weighted by molar-refractivity contribution is -0.387. The number of nitro groups is 1. The van der Waals surface area contributed by atoms with Gasteiger partial charge in [0.15, 0.2) is 4.88 Å². The molecule has 0 unspecified atom stereocenters. The minimum absolute atomic E-state index is 0. The molecule has 1 N–H and O–H groups in total. The minimum Gasteiger partial charge on any atom is -0.506 e. The third-order valence-corrected chi connectivity index (χ3v) is 2.95. The molecule has 0 amide bonds. The van der Waals surface area contributed by atoms with Crippen LogP contribution in [0.3, 0.4) is 0 Å². The fourth-order valence-corrected chi connectivity index (χ4v) is 1.85. The van der Waals surface area contributed by atoms with Crippen molar-refractivity contribution in [1.29, 1.82) is 0 Å². The van der Waals surface area contributed by atoms with Gasteiger partial charge in [-0.3, -0.25) is 10.1 Å². The molecular formula is C13H14FNO5S. The molecule has 0 aliphatic carbocycles. The van der Waals surface area contributed by atoms with E-state index in [2.05, 4.69) is 4.74 Å². The van der Waals surface area contributed by atoms with E-state index < -0.39 is 22.4 Å². The average Bonchev–Trinajstić information content (AvgIpc) is 2.85. The molecule has 0 spiro atoms. The van der Waals surface area contributed by atoms with Gasteiger partial charge >= 0.3 is 11.7 Å². The first-order valence-corrected chi connectivity index (χ1v) is 6.09. The molecule has 0 saturated carbocycles. The van der Waals surface area contributed by atoms with Gasteiger partial charge in [0.1, 0.15) is 5.75 Å². The van der Waals surface area contributed by atoms with Crippen molar-refractivity contribution in [3.63, 3.8) is 0 Å². The first-order valence-electron chi connectivity index (χ1n) is 5.21. The number of esters is 1. The van der Waals surface area contributed by atoms with E-state index in [1.807, 2.05) is 0 Å². The normalized spacial score (nSPS) is 8.86. The second-order valence-corrected chi connectivity index (χ2v) is 4.25. The Hall–Kier alpha value is -2.48. The zero-order valence-corrected chi connectivity index (χ0v) is 11.1. The maximum Gasteiger partial charge on any atom is 0.351 e. The standard InChI is InChI=1S/C6H4FNO2.C6H6O3S.CH4/c7-5-3-1-2-4-6(5)8(9)10;1-9-6(8)5-4(7)2-3-10-5;/h1-4H;2-3,7H,1H3;1H4. The lowest BCUT2D eigenvalue weighted by atomic mass is 10.3. The van der Waals surface area contributed by atoms with Crippen molar-refractivity contribution in [3.05, 3.63) is 56.5 Å². The smallest absolute Gasteiger partial charge is 0.351 e. The number of benzene rings is 1. The summed E-state index contributed by atoms with van der Waals surface area (Å²) in [6.07, 6.45) is 0. The Balaban J connectivity index is 0.000000364. The SMILES string of the molecule is C.COC(=O)c1sccc1O.O=[N+]([O-])c1ccccc1F. The zero-order chi connectivity index (χ0) is 15.1. The van der Waals surface area contributed by atoms with Crippen LogP contribution < -0.4 is 0 Å². The summed E-state index contributed by atoms with van der Waals surface area (Å²) >= 11 is 1.16. The van der Waals surface area contributed by atoms with Gasteiger partial charge in [-0.25, -0.2) is 4.79 Å². The Morgan fingerprint density at radius 2 is 2.00 bits per heavy atom. The molecule has 0 aliphatic heterocycles. The first-order chi connectivity index (χ1) is 9.47. The van der Waals surface area contributed by atoms with E-state index in [0.717, 1.165) is 23.5 Å². The van der Waals surface area contributed by atoms with E-state index in [1.54, 1.807) is 5.38 Å². The summed E-state index contributed by atoms with van der Waals surface area (Å²) in [4.78, 5) is 20.2. The van der Waals surface area contributed by atoms with E-state index in [1.165, 1.54) is 25.3 Å². The van der Waals surface area contributed by atoms with Crippen LogP contribution in [0.5, 0.6) is 5.75 Å². The zero-order valence-electron chi connectivity index (χ0n) is 10.3. The van der Waals surface area contributed by atoms with Crippen LogP contribution in [0.2, 0.25) is 0 Å². The molecule has 2 aromatic rings. The van der Waals surface area contributed by atoms with E-state index in [9.17, 15) is 19.3 Å². The maximum absolute atomic E-state index is 12.4.